The van der Waals surface area contributed by atoms with E-state index in [1.54, 1.807) is 23.0 Å². The molecule has 2 aromatic rings. The van der Waals surface area contributed by atoms with Crippen molar-refractivity contribution in [1.29, 1.82) is 0 Å². The van der Waals surface area contributed by atoms with E-state index in [4.69, 9.17) is 0 Å². The lowest BCUT2D eigenvalue weighted by molar-refractivity contribution is 0.460. The fourth-order valence-electron chi connectivity index (χ4n) is 1.16. The van der Waals surface area contributed by atoms with Crippen molar-refractivity contribution in [2.75, 3.05) is 0 Å². The molecule has 4 nitrogen and oxygen atoms in total. The van der Waals surface area contributed by atoms with E-state index in [1.807, 2.05) is 6.92 Å². The molecule has 0 saturated heterocycles. The van der Waals surface area contributed by atoms with Crippen LogP contribution in [0.15, 0.2) is 18.6 Å². The zero-order valence-corrected chi connectivity index (χ0v) is 7.94. The van der Waals surface area contributed by atoms with Crippen LogP contribution in [-0.4, -0.2) is 19.5 Å². The van der Waals surface area contributed by atoms with Crippen LogP contribution in [0.5, 0.6) is 5.75 Å². The first-order valence-corrected chi connectivity index (χ1v) is 4.41. The molecular formula is C8H9N3OS. The van der Waals surface area contributed by atoms with E-state index in [9.17, 15) is 5.11 Å². The summed E-state index contributed by atoms with van der Waals surface area (Å²) in [4.78, 5) is 8.17. The molecule has 0 bridgehead atoms. The lowest BCUT2D eigenvalue weighted by Gasteiger charge is -2.06. The van der Waals surface area contributed by atoms with Gasteiger partial charge in [0.05, 0.1) is 6.20 Å². The van der Waals surface area contributed by atoms with E-state index in [0.717, 1.165) is 0 Å². The summed E-state index contributed by atoms with van der Waals surface area (Å²) in [5.74, 6) is 0.724. The maximum Gasteiger partial charge on any atom is 0.234 e. The minimum absolute atomic E-state index is 0.0956. The smallest absolute Gasteiger partial charge is 0.234 e. The number of nitrogens with zero attached hydrogens (tertiary/aromatic N) is 3. The minimum atomic E-state index is -0.0956. The summed E-state index contributed by atoms with van der Waals surface area (Å²) in [5.41, 5.74) is 0.557. The summed E-state index contributed by atoms with van der Waals surface area (Å²) in [6.45, 7) is 1.85. The summed E-state index contributed by atoms with van der Waals surface area (Å²) >= 11 is 4.20. The lowest BCUT2D eigenvalue weighted by Crippen LogP contribution is -1.96. The second kappa shape index (κ2) is 2.92. The summed E-state index contributed by atoms with van der Waals surface area (Å²) < 4.78 is 1.66. The first-order valence-electron chi connectivity index (χ1n) is 3.89. The molecule has 0 fully saturated rings. The molecule has 0 aromatic carbocycles. The average Bonchev–Trinajstić information content (AvgIpc) is 2.48. The number of rotatable bonds is 1. The Morgan fingerprint density at radius 2 is 2.38 bits per heavy atom. The first-order chi connectivity index (χ1) is 6.18. The minimum Gasteiger partial charge on any atom is -0.504 e. The predicted molar refractivity (Wildman–Crippen MR) is 52.1 cm³/mol. The second-order valence-electron chi connectivity index (χ2n) is 2.82. The van der Waals surface area contributed by atoms with Crippen LogP contribution in [-0.2, 0) is 0 Å². The number of hydrogen-bond donors (Lipinski definition) is 2. The fourth-order valence-corrected chi connectivity index (χ4v) is 1.35. The van der Waals surface area contributed by atoms with Crippen molar-refractivity contribution >= 4 is 18.4 Å². The van der Waals surface area contributed by atoms with E-state index in [1.165, 1.54) is 0 Å². The van der Waals surface area contributed by atoms with Gasteiger partial charge in [-0.2, -0.15) is 12.6 Å². The molecule has 0 spiro atoms. The number of aromatic nitrogens is 3. The third kappa shape index (κ3) is 1.35. The second-order valence-corrected chi connectivity index (χ2v) is 3.60. The Morgan fingerprint density at radius 3 is 3.08 bits per heavy atom. The lowest BCUT2D eigenvalue weighted by atomic mass is 10.3. The summed E-state index contributed by atoms with van der Waals surface area (Å²) in [6, 6.07) is 0. The van der Waals surface area contributed by atoms with Gasteiger partial charge < -0.3 is 5.11 Å². The van der Waals surface area contributed by atoms with Gasteiger partial charge in [0.15, 0.2) is 5.75 Å². The molecule has 0 aliphatic carbocycles. The first kappa shape index (κ1) is 8.37. The van der Waals surface area contributed by atoms with Crippen molar-refractivity contribution in [3.8, 4) is 5.75 Å². The van der Waals surface area contributed by atoms with Crippen molar-refractivity contribution in [2.24, 2.45) is 0 Å². The molecule has 13 heavy (non-hydrogen) atoms. The van der Waals surface area contributed by atoms with E-state index in [-0.39, 0.29) is 11.0 Å². The number of aromatic hydroxyl groups is 1. The van der Waals surface area contributed by atoms with Crippen molar-refractivity contribution < 1.29 is 5.11 Å². The van der Waals surface area contributed by atoms with E-state index in [2.05, 4.69) is 22.6 Å². The highest BCUT2D eigenvalue weighted by Gasteiger charge is 2.10. The highest BCUT2D eigenvalue weighted by atomic mass is 32.1. The SMILES string of the molecule is CC(S)c1nc2nccn2cc1O. The third-order valence-corrected chi connectivity index (χ3v) is 2.03. The van der Waals surface area contributed by atoms with E-state index in [0.29, 0.717) is 11.5 Å². The zero-order chi connectivity index (χ0) is 9.42. The van der Waals surface area contributed by atoms with Gasteiger partial charge in [0.1, 0.15) is 5.69 Å². The normalized spacial score (nSPS) is 13.4. The van der Waals surface area contributed by atoms with Crippen LogP contribution in [0.4, 0.5) is 0 Å². The Hall–Kier alpha value is -1.23. The molecular weight excluding hydrogens is 186 g/mol. The van der Waals surface area contributed by atoms with Gasteiger partial charge >= 0.3 is 0 Å². The van der Waals surface area contributed by atoms with Crippen molar-refractivity contribution in [2.45, 2.75) is 12.2 Å². The molecule has 0 saturated carbocycles. The highest BCUT2D eigenvalue weighted by molar-refractivity contribution is 7.80. The molecule has 2 heterocycles. The summed E-state index contributed by atoms with van der Waals surface area (Å²) in [6.07, 6.45) is 4.95. The number of hydrogen-bond acceptors (Lipinski definition) is 4. The Bertz CT molecular complexity index is 438. The maximum absolute atomic E-state index is 9.54. The van der Waals surface area contributed by atoms with E-state index < -0.39 is 0 Å². The van der Waals surface area contributed by atoms with Crippen LogP contribution in [0.25, 0.3) is 5.78 Å². The monoisotopic (exact) mass is 195 g/mol. The molecule has 0 radical (unpaired) electrons. The standard InChI is InChI=1S/C8H9N3OS/c1-5(13)7-6(12)4-11-3-2-9-8(11)10-7/h2-5,12-13H,1H3. The van der Waals surface area contributed by atoms with Gasteiger partial charge in [0, 0.05) is 17.6 Å². The van der Waals surface area contributed by atoms with Gasteiger partial charge in [0.2, 0.25) is 5.78 Å². The fraction of sp³-hybridized carbons (Fsp3) is 0.250. The van der Waals surface area contributed by atoms with Gasteiger partial charge in [0.25, 0.3) is 0 Å². The molecule has 2 aromatic heterocycles. The van der Waals surface area contributed by atoms with Gasteiger partial charge in [-0.3, -0.25) is 4.40 Å². The van der Waals surface area contributed by atoms with Crippen LogP contribution in [0.3, 0.4) is 0 Å². The predicted octanol–water partition coefficient (Wildman–Crippen LogP) is 1.43. The third-order valence-electron chi connectivity index (χ3n) is 1.79. The summed E-state index contributed by atoms with van der Waals surface area (Å²) in [5, 5.41) is 9.44. The van der Waals surface area contributed by atoms with Gasteiger partial charge in [-0.25, -0.2) is 9.97 Å². The van der Waals surface area contributed by atoms with Crippen LogP contribution >= 0.6 is 12.6 Å². The topological polar surface area (TPSA) is 50.4 Å². The largest absolute Gasteiger partial charge is 0.504 e. The highest BCUT2D eigenvalue weighted by Crippen LogP contribution is 2.25. The van der Waals surface area contributed by atoms with Crippen LogP contribution in [0.2, 0.25) is 0 Å². The van der Waals surface area contributed by atoms with Crippen molar-refractivity contribution in [3.63, 3.8) is 0 Å². The molecule has 1 atom stereocenters. The Balaban J connectivity index is 2.69. The molecule has 0 amide bonds. The van der Waals surface area contributed by atoms with Gasteiger partial charge in [-0.1, -0.05) is 0 Å². The van der Waals surface area contributed by atoms with Crippen LogP contribution < -0.4 is 0 Å². The number of thiol groups is 1. The Labute approximate surface area is 80.7 Å². The molecule has 68 valence electrons. The van der Waals surface area contributed by atoms with Gasteiger partial charge in [-0.15, -0.1) is 0 Å². The quantitative estimate of drug-likeness (QED) is 0.677. The molecule has 1 unspecified atom stereocenters. The Morgan fingerprint density at radius 1 is 1.62 bits per heavy atom. The number of imidazole rings is 1. The zero-order valence-electron chi connectivity index (χ0n) is 7.05. The maximum atomic E-state index is 9.54. The molecule has 0 aliphatic heterocycles. The summed E-state index contributed by atoms with van der Waals surface area (Å²) in [7, 11) is 0. The molecule has 2 rings (SSSR count). The Kier molecular flexibility index (Phi) is 1.88. The molecule has 1 N–H and O–H groups in total. The van der Waals surface area contributed by atoms with Gasteiger partial charge in [-0.05, 0) is 6.92 Å². The number of fused-ring (bicyclic) bond motifs is 1. The van der Waals surface area contributed by atoms with Crippen LogP contribution in [0, 0.1) is 0 Å². The van der Waals surface area contributed by atoms with Crippen molar-refractivity contribution in [1.82, 2.24) is 14.4 Å². The van der Waals surface area contributed by atoms with E-state index >= 15 is 0 Å². The van der Waals surface area contributed by atoms with Crippen LogP contribution in [0.1, 0.15) is 17.9 Å². The molecule has 5 heteroatoms. The average molecular weight is 195 g/mol. The molecule has 0 aliphatic rings. The van der Waals surface area contributed by atoms with Crippen molar-refractivity contribution in [3.05, 3.63) is 24.3 Å².